The van der Waals surface area contributed by atoms with Crippen LogP contribution in [0.15, 0.2) is 36.4 Å². The number of methoxy groups -OCH3 is 1. The first-order valence-corrected chi connectivity index (χ1v) is 7.72. The van der Waals surface area contributed by atoms with Gasteiger partial charge in [-0.25, -0.2) is 4.79 Å². The fourth-order valence-electron chi connectivity index (χ4n) is 2.46. The van der Waals surface area contributed by atoms with Crippen molar-refractivity contribution in [1.29, 1.82) is 0 Å². The molecular formula is C18H21N3O4. The maximum absolute atomic E-state index is 12.4. The largest absolute Gasteiger partial charge is 0.496 e. The molecule has 0 aliphatic rings. The van der Waals surface area contributed by atoms with E-state index >= 15 is 0 Å². The summed E-state index contributed by atoms with van der Waals surface area (Å²) in [7, 11) is 3.07. The number of amides is 2. The summed E-state index contributed by atoms with van der Waals surface area (Å²) in [6.45, 7) is 4.40. The minimum Gasteiger partial charge on any atom is -0.496 e. The Bertz CT molecular complexity index is 805. The van der Waals surface area contributed by atoms with E-state index in [9.17, 15) is 14.9 Å². The zero-order valence-corrected chi connectivity index (χ0v) is 14.7. The van der Waals surface area contributed by atoms with Gasteiger partial charge >= 0.3 is 6.03 Å². The predicted octanol–water partition coefficient (Wildman–Crippen LogP) is 3.88. The number of aryl methyl sites for hydroxylation is 2. The molecule has 0 radical (unpaired) electrons. The van der Waals surface area contributed by atoms with Crippen LogP contribution < -0.4 is 10.1 Å². The molecule has 2 rings (SSSR count). The zero-order chi connectivity index (χ0) is 18.6. The average Bonchev–Trinajstić information content (AvgIpc) is 2.57. The van der Waals surface area contributed by atoms with Gasteiger partial charge in [-0.05, 0) is 37.1 Å². The highest BCUT2D eigenvalue weighted by Crippen LogP contribution is 2.29. The Hall–Kier alpha value is -3.09. The van der Waals surface area contributed by atoms with Gasteiger partial charge in [-0.1, -0.05) is 23.8 Å². The number of nitrogens with zero attached hydrogens (tertiary/aromatic N) is 2. The van der Waals surface area contributed by atoms with Crippen LogP contribution >= 0.6 is 0 Å². The Morgan fingerprint density at radius 1 is 1.24 bits per heavy atom. The Kier molecular flexibility index (Phi) is 5.59. The Morgan fingerprint density at radius 3 is 2.56 bits per heavy atom. The van der Waals surface area contributed by atoms with Crippen LogP contribution in [0.2, 0.25) is 0 Å². The molecule has 0 saturated heterocycles. The second-order valence-electron chi connectivity index (χ2n) is 5.86. The van der Waals surface area contributed by atoms with Crippen LogP contribution in [0.5, 0.6) is 5.75 Å². The first kappa shape index (κ1) is 18.3. The third-order valence-electron chi connectivity index (χ3n) is 3.90. The van der Waals surface area contributed by atoms with Crippen molar-refractivity contribution in [2.24, 2.45) is 0 Å². The van der Waals surface area contributed by atoms with Crippen molar-refractivity contribution in [3.8, 4) is 5.75 Å². The molecule has 25 heavy (non-hydrogen) atoms. The second kappa shape index (κ2) is 7.65. The van der Waals surface area contributed by atoms with E-state index in [2.05, 4.69) is 11.4 Å². The molecule has 7 heteroatoms. The highest BCUT2D eigenvalue weighted by molar-refractivity contribution is 5.91. The molecule has 0 unspecified atom stereocenters. The number of rotatable bonds is 5. The number of carbonyl (C=O) groups excluding carboxylic acids is 1. The van der Waals surface area contributed by atoms with Crippen molar-refractivity contribution >= 4 is 17.4 Å². The minimum absolute atomic E-state index is 0.128. The number of nitro benzene ring substituents is 1. The number of hydrogen-bond acceptors (Lipinski definition) is 4. The monoisotopic (exact) mass is 343 g/mol. The van der Waals surface area contributed by atoms with Gasteiger partial charge < -0.3 is 15.0 Å². The molecular weight excluding hydrogens is 322 g/mol. The Labute approximate surface area is 146 Å². The lowest BCUT2D eigenvalue weighted by atomic mass is 10.1. The van der Waals surface area contributed by atoms with E-state index in [0.29, 0.717) is 12.3 Å². The van der Waals surface area contributed by atoms with E-state index < -0.39 is 11.0 Å². The van der Waals surface area contributed by atoms with Crippen LogP contribution in [-0.4, -0.2) is 30.0 Å². The molecule has 0 aliphatic heterocycles. The molecule has 0 saturated carbocycles. The lowest BCUT2D eigenvalue weighted by Crippen LogP contribution is -2.31. The topological polar surface area (TPSA) is 84.7 Å². The van der Waals surface area contributed by atoms with Crippen LogP contribution in [-0.2, 0) is 6.54 Å². The van der Waals surface area contributed by atoms with Gasteiger partial charge in [0, 0.05) is 13.6 Å². The molecule has 0 heterocycles. The van der Waals surface area contributed by atoms with Gasteiger partial charge in [-0.2, -0.15) is 0 Å². The van der Waals surface area contributed by atoms with Crippen molar-refractivity contribution in [2.45, 2.75) is 20.4 Å². The summed E-state index contributed by atoms with van der Waals surface area (Å²) < 4.78 is 4.99. The fourth-order valence-corrected chi connectivity index (χ4v) is 2.46. The molecule has 0 spiro atoms. The van der Waals surface area contributed by atoms with Crippen molar-refractivity contribution in [1.82, 2.24) is 4.90 Å². The Morgan fingerprint density at radius 2 is 1.96 bits per heavy atom. The zero-order valence-electron chi connectivity index (χ0n) is 14.7. The fraction of sp³-hybridized carbons (Fsp3) is 0.278. The molecule has 132 valence electrons. The molecule has 2 aromatic rings. The summed E-state index contributed by atoms with van der Waals surface area (Å²) in [5.74, 6) is 0.355. The first-order chi connectivity index (χ1) is 11.8. The number of anilines is 1. The molecule has 7 nitrogen and oxygen atoms in total. The van der Waals surface area contributed by atoms with E-state index in [0.717, 1.165) is 16.7 Å². The van der Waals surface area contributed by atoms with Gasteiger partial charge in [0.1, 0.15) is 11.4 Å². The molecule has 1 N–H and O–H groups in total. The molecule has 2 amide bonds. The molecule has 0 atom stereocenters. The van der Waals surface area contributed by atoms with Crippen molar-refractivity contribution < 1.29 is 14.5 Å². The second-order valence-corrected chi connectivity index (χ2v) is 5.86. The number of hydrogen-bond donors (Lipinski definition) is 1. The number of nitrogens with one attached hydrogen (secondary N) is 1. The quantitative estimate of drug-likeness (QED) is 0.659. The van der Waals surface area contributed by atoms with E-state index in [4.69, 9.17) is 4.74 Å². The number of ether oxygens (including phenoxy) is 1. The van der Waals surface area contributed by atoms with Crippen LogP contribution in [0.4, 0.5) is 16.2 Å². The maximum atomic E-state index is 12.4. The van der Waals surface area contributed by atoms with Gasteiger partial charge in [-0.15, -0.1) is 0 Å². The summed E-state index contributed by atoms with van der Waals surface area (Å²) >= 11 is 0. The van der Waals surface area contributed by atoms with E-state index in [-0.39, 0.29) is 11.4 Å². The molecule has 0 bridgehead atoms. The standard InChI is InChI=1S/C18H21N3O4/c1-12-5-6-14(13(2)9-12)11-20(3)18(22)19-16-8-7-15(25-4)10-17(16)21(23)24/h5-10H,11H2,1-4H3,(H,19,22). The van der Waals surface area contributed by atoms with E-state index in [1.54, 1.807) is 13.1 Å². The van der Waals surface area contributed by atoms with Crippen molar-refractivity contribution in [2.75, 3.05) is 19.5 Å². The summed E-state index contributed by atoms with van der Waals surface area (Å²) in [5.41, 5.74) is 3.18. The maximum Gasteiger partial charge on any atom is 0.322 e. The van der Waals surface area contributed by atoms with E-state index in [1.165, 1.54) is 24.1 Å². The lowest BCUT2D eigenvalue weighted by Gasteiger charge is -2.19. The number of benzene rings is 2. The SMILES string of the molecule is COc1ccc(NC(=O)N(C)Cc2ccc(C)cc2C)c([N+](=O)[O-])c1. The van der Waals surface area contributed by atoms with Crippen molar-refractivity contribution in [3.05, 3.63) is 63.2 Å². The summed E-state index contributed by atoms with van der Waals surface area (Å²) in [6.07, 6.45) is 0. The summed E-state index contributed by atoms with van der Waals surface area (Å²) in [5, 5.41) is 13.8. The average molecular weight is 343 g/mol. The van der Waals surface area contributed by atoms with Gasteiger partial charge in [0.25, 0.3) is 5.69 Å². The molecule has 0 aromatic heterocycles. The van der Waals surface area contributed by atoms with Crippen LogP contribution in [0.25, 0.3) is 0 Å². The van der Waals surface area contributed by atoms with Crippen LogP contribution in [0.3, 0.4) is 0 Å². The number of carbonyl (C=O) groups is 1. The third kappa shape index (κ3) is 4.47. The highest BCUT2D eigenvalue weighted by Gasteiger charge is 2.19. The van der Waals surface area contributed by atoms with Gasteiger partial charge in [0.05, 0.1) is 18.1 Å². The molecule has 0 aliphatic carbocycles. The number of nitro groups is 1. The van der Waals surface area contributed by atoms with Crippen LogP contribution in [0.1, 0.15) is 16.7 Å². The third-order valence-corrected chi connectivity index (χ3v) is 3.90. The van der Waals surface area contributed by atoms with Crippen molar-refractivity contribution in [3.63, 3.8) is 0 Å². The van der Waals surface area contributed by atoms with E-state index in [1.807, 2.05) is 26.0 Å². The normalized spacial score (nSPS) is 10.2. The highest BCUT2D eigenvalue weighted by atomic mass is 16.6. The smallest absolute Gasteiger partial charge is 0.322 e. The first-order valence-electron chi connectivity index (χ1n) is 7.72. The number of urea groups is 1. The molecule has 2 aromatic carbocycles. The molecule has 0 fully saturated rings. The predicted molar refractivity (Wildman–Crippen MR) is 96.1 cm³/mol. The summed E-state index contributed by atoms with van der Waals surface area (Å²) in [4.78, 5) is 24.5. The van der Waals surface area contributed by atoms with Gasteiger partial charge in [0.15, 0.2) is 0 Å². The van der Waals surface area contributed by atoms with Gasteiger partial charge in [-0.3, -0.25) is 10.1 Å². The minimum atomic E-state index is -0.553. The van der Waals surface area contributed by atoms with Gasteiger partial charge in [0.2, 0.25) is 0 Å². The Balaban J connectivity index is 2.14. The lowest BCUT2D eigenvalue weighted by molar-refractivity contribution is -0.384. The van der Waals surface area contributed by atoms with Crippen LogP contribution in [0, 0.1) is 24.0 Å². The summed E-state index contributed by atoms with van der Waals surface area (Å²) in [6, 6.07) is 9.89.